The Morgan fingerprint density at radius 3 is 2.81 bits per heavy atom. The third kappa shape index (κ3) is 1.27. The van der Waals surface area contributed by atoms with Gasteiger partial charge in [-0.2, -0.15) is 0 Å². The predicted molar refractivity (Wildman–Crippen MR) is 60.0 cm³/mol. The average Bonchev–Trinajstić information content (AvgIpc) is 2.59. The van der Waals surface area contributed by atoms with Crippen LogP contribution < -0.4 is 0 Å². The maximum Gasteiger partial charge on any atom is 0.127 e. The number of nitrogens with zero attached hydrogens (tertiary/aromatic N) is 2. The number of fused-ring (bicyclic) bond motifs is 1. The molecule has 2 aliphatic rings. The number of hydrogen-bond donors (Lipinski definition) is 3. The van der Waals surface area contributed by atoms with Gasteiger partial charge in [0.1, 0.15) is 5.84 Å². The minimum atomic E-state index is -0.273. The molecule has 0 amide bonds. The van der Waals surface area contributed by atoms with Crippen molar-refractivity contribution in [3.63, 3.8) is 0 Å². The van der Waals surface area contributed by atoms with Gasteiger partial charge < -0.3 is 5.21 Å². The molecule has 1 aliphatic carbocycles. The molecule has 4 unspecified atom stereocenters. The molecule has 0 aromatic heterocycles. The maximum atomic E-state index is 9.63. The highest BCUT2D eigenvalue weighted by Gasteiger charge is 2.58. The molecule has 5 nitrogen and oxygen atoms in total. The van der Waals surface area contributed by atoms with Crippen LogP contribution in [0.4, 0.5) is 0 Å². The van der Waals surface area contributed by atoms with Crippen molar-refractivity contribution in [3.05, 3.63) is 0 Å². The van der Waals surface area contributed by atoms with Gasteiger partial charge in [-0.25, -0.2) is 5.06 Å². The maximum absolute atomic E-state index is 9.63. The highest BCUT2D eigenvalue weighted by molar-refractivity contribution is 5.91. The number of amidine groups is 1. The molecular formula is C11H19N3O2. The number of oxime groups is 1. The van der Waals surface area contributed by atoms with E-state index in [1.807, 2.05) is 13.8 Å². The predicted octanol–water partition coefficient (Wildman–Crippen LogP) is 1.80. The first-order valence-electron chi connectivity index (χ1n) is 5.65. The van der Waals surface area contributed by atoms with Gasteiger partial charge >= 0.3 is 0 Å². The summed E-state index contributed by atoms with van der Waals surface area (Å²) in [6.07, 6.45) is 0.866. The second-order valence-electron chi connectivity index (χ2n) is 5.40. The minimum Gasteiger partial charge on any atom is -0.411 e. The van der Waals surface area contributed by atoms with Gasteiger partial charge in [0, 0.05) is 11.3 Å². The lowest BCUT2D eigenvalue weighted by Gasteiger charge is -2.24. The van der Waals surface area contributed by atoms with Gasteiger partial charge in [0.2, 0.25) is 0 Å². The van der Waals surface area contributed by atoms with E-state index in [0.29, 0.717) is 24.0 Å². The molecule has 16 heavy (non-hydrogen) atoms. The molecule has 1 heterocycles. The highest BCUT2D eigenvalue weighted by Crippen LogP contribution is 2.54. The first-order valence-corrected chi connectivity index (χ1v) is 5.65. The van der Waals surface area contributed by atoms with Crippen LogP contribution in [0, 0.1) is 28.6 Å². The van der Waals surface area contributed by atoms with Crippen LogP contribution in [0.25, 0.3) is 0 Å². The SMILES string of the molecule is C/C(=N\O)C1C(C)CC2(C)C(=N)N(O)CC12. The number of rotatable bonds is 1. The molecule has 3 N–H and O–H groups in total. The van der Waals surface area contributed by atoms with E-state index >= 15 is 0 Å². The number of hydroxylamine groups is 2. The second-order valence-corrected chi connectivity index (χ2v) is 5.40. The Morgan fingerprint density at radius 2 is 2.25 bits per heavy atom. The van der Waals surface area contributed by atoms with Gasteiger partial charge in [-0.3, -0.25) is 10.6 Å². The van der Waals surface area contributed by atoms with Gasteiger partial charge in [-0.05, 0) is 25.2 Å². The Balaban J connectivity index is 2.36. The summed E-state index contributed by atoms with van der Waals surface area (Å²) < 4.78 is 0. The smallest absolute Gasteiger partial charge is 0.127 e. The molecule has 1 saturated heterocycles. The van der Waals surface area contributed by atoms with Crippen LogP contribution in [0.5, 0.6) is 0 Å². The van der Waals surface area contributed by atoms with E-state index < -0.39 is 0 Å². The molecule has 1 saturated carbocycles. The Labute approximate surface area is 95.2 Å². The van der Waals surface area contributed by atoms with E-state index in [1.165, 1.54) is 0 Å². The summed E-state index contributed by atoms with van der Waals surface area (Å²) in [4.78, 5) is 0. The summed E-state index contributed by atoms with van der Waals surface area (Å²) in [5.41, 5.74) is 0.439. The molecule has 0 radical (unpaired) electrons. The van der Waals surface area contributed by atoms with Gasteiger partial charge in [0.05, 0.1) is 12.3 Å². The van der Waals surface area contributed by atoms with Crippen LogP contribution >= 0.6 is 0 Å². The summed E-state index contributed by atoms with van der Waals surface area (Å²) >= 11 is 0. The van der Waals surface area contributed by atoms with Crippen molar-refractivity contribution in [1.82, 2.24) is 5.06 Å². The van der Waals surface area contributed by atoms with Crippen molar-refractivity contribution in [2.24, 2.45) is 28.3 Å². The Hall–Kier alpha value is -1.10. The van der Waals surface area contributed by atoms with Crippen LogP contribution in [0.1, 0.15) is 27.2 Å². The van der Waals surface area contributed by atoms with E-state index in [4.69, 9.17) is 10.6 Å². The summed E-state index contributed by atoms with van der Waals surface area (Å²) in [7, 11) is 0. The molecule has 0 bridgehead atoms. The summed E-state index contributed by atoms with van der Waals surface area (Å²) in [6.45, 7) is 6.43. The van der Waals surface area contributed by atoms with Crippen molar-refractivity contribution >= 4 is 11.5 Å². The molecular weight excluding hydrogens is 206 g/mol. The lowest BCUT2D eigenvalue weighted by molar-refractivity contribution is -0.0142. The quantitative estimate of drug-likeness (QED) is 0.361. The van der Waals surface area contributed by atoms with Gasteiger partial charge in [-0.1, -0.05) is 19.0 Å². The van der Waals surface area contributed by atoms with Crippen LogP contribution in [-0.4, -0.2) is 33.6 Å². The van der Waals surface area contributed by atoms with Gasteiger partial charge in [-0.15, -0.1) is 0 Å². The lowest BCUT2D eigenvalue weighted by atomic mass is 9.78. The second kappa shape index (κ2) is 3.45. The molecule has 0 aromatic carbocycles. The van der Waals surface area contributed by atoms with Crippen molar-refractivity contribution in [3.8, 4) is 0 Å². The Kier molecular flexibility index (Phi) is 2.45. The fraction of sp³-hybridized carbons (Fsp3) is 0.818. The average molecular weight is 225 g/mol. The standard InChI is InChI=1S/C11H19N3O2/c1-6-4-11(3)8(5-14(16)10(11)12)9(6)7(2)13-15/h6,8-9,12,15-16H,4-5H2,1-3H3/b12-10?,13-7+. The van der Waals surface area contributed by atoms with Gasteiger partial charge in [0.15, 0.2) is 0 Å². The third-order valence-corrected chi connectivity index (χ3v) is 4.42. The molecule has 0 spiro atoms. The van der Waals surface area contributed by atoms with Crippen LogP contribution in [0.2, 0.25) is 0 Å². The van der Waals surface area contributed by atoms with E-state index in [9.17, 15) is 5.21 Å². The zero-order valence-electron chi connectivity index (χ0n) is 9.94. The number of nitrogens with one attached hydrogen (secondary N) is 1. The highest BCUT2D eigenvalue weighted by atomic mass is 16.5. The summed E-state index contributed by atoms with van der Waals surface area (Å²) in [6, 6.07) is 0. The monoisotopic (exact) mass is 225 g/mol. The molecule has 90 valence electrons. The third-order valence-electron chi connectivity index (χ3n) is 4.42. The van der Waals surface area contributed by atoms with Crippen molar-refractivity contribution in [2.75, 3.05) is 6.54 Å². The molecule has 2 fully saturated rings. The van der Waals surface area contributed by atoms with E-state index in [2.05, 4.69) is 12.1 Å². The molecule has 1 aliphatic heterocycles. The van der Waals surface area contributed by atoms with Crippen molar-refractivity contribution in [1.29, 1.82) is 5.41 Å². The van der Waals surface area contributed by atoms with E-state index in [0.717, 1.165) is 11.5 Å². The first kappa shape index (κ1) is 11.4. The van der Waals surface area contributed by atoms with Crippen molar-refractivity contribution < 1.29 is 10.4 Å². The van der Waals surface area contributed by atoms with Crippen molar-refractivity contribution in [2.45, 2.75) is 27.2 Å². The minimum absolute atomic E-state index is 0.160. The zero-order chi connectivity index (χ0) is 12.1. The normalized spacial score (nSPS) is 44.0. The summed E-state index contributed by atoms with van der Waals surface area (Å²) in [5, 5.41) is 30.8. The lowest BCUT2D eigenvalue weighted by Crippen LogP contribution is -2.30. The largest absolute Gasteiger partial charge is 0.411 e. The van der Waals surface area contributed by atoms with Crippen LogP contribution in [0.15, 0.2) is 5.16 Å². The summed E-state index contributed by atoms with van der Waals surface area (Å²) in [5.74, 6) is 1.03. The van der Waals surface area contributed by atoms with Crippen LogP contribution in [0.3, 0.4) is 0 Å². The van der Waals surface area contributed by atoms with Crippen LogP contribution in [-0.2, 0) is 0 Å². The van der Waals surface area contributed by atoms with Gasteiger partial charge in [0.25, 0.3) is 0 Å². The van der Waals surface area contributed by atoms with E-state index in [1.54, 1.807) is 0 Å². The number of hydrogen-bond acceptors (Lipinski definition) is 4. The molecule has 5 heteroatoms. The Morgan fingerprint density at radius 1 is 1.62 bits per heavy atom. The zero-order valence-corrected chi connectivity index (χ0v) is 9.94. The Bertz CT molecular complexity index is 355. The first-order chi connectivity index (χ1) is 7.41. The molecule has 2 rings (SSSR count). The fourth-order valence-corrected chi connectivity index (χ4v) is 3.67. The molecule has 4 atom stereocenters. The van der Waals surface area contributed by atoms with E-state index in [-0.39, 0.29) is 17.3 Å². The topological polar surface area (TPSA) is 79.9 Å². The molecule has 0 aromatic rings. The fourth-order valence-electron chi connectivity index (χ4n) is 3.67.